The predicted molar refractivity (Wildman–Crippen MR) is 395 cm³/mol. The van der Waals surface area contributed by atoms with Gasteiger partial charge in [0.1, 0.15) is 57.6 Å². The highest BCUT2D eigenvalue weighted by Crippen LogP contribution is 2.40. The third-order valence-electron chi connectivity index (χ3n) is 21.1. The van der Waals surface area contributed by atoms with Crippen LogP contribution < -0.4 is 22.8 Å². The predicted octanol–water partition coefficient (Wildman–Crippen LogP) is 13.1. The zero-order valence-electron chi connectivity index (χ0n) is 58.4. The lowest BCUT2D eigenvalue weighted by molar-refractivity contribution is -0.651. The molecule has 21 aromatic rings. The lowest BCUT2D eigenvalue weighted by Crippen LogP contribution is -2.32. The van der Waals surface area contributed by atoms with E-state index < -0.39 is 6.98 Å². The van der Waals surface area contributed by atoms with E-state index in [1.54, 1.807) is 18.6 Å². The molecule has 0 bridgehead atoms. The molecule has 0 N–H and O–H groups in total. The monoisotopic (exact) mass is 1360 g/mol. The minimum absolute atomic E-state index is 0.680. The van der Waals surface area contributed by atoms with Crippen molar-refractivity contribution in [3.63, 3.8) is 0 Å². The number of nitrogens with zero attached hydrogens (tertiary/aromatic N) is 18. The van der Waals surface area contributed by atoms with Crippen molar-refractivity contribution < 1.29 is 31.4 Å². The number of fused-ring (bicyclic) bond motifs is 35. The van der Waals surface area contributed by atoms with Crippen molar-refractivity contribution in [1.82, 2.24) is 60.6 Å². The van der Waals surface area contributed by atoms with E-state index in [1.807, 2.05) is 96.3 Å². The van der Waals surface area contributed by atoms with Gasteiger partial charge in [0, 0.05) is 107 Å². The van der Waals surface area contributed by atoms with Crippen LogP contribution in [0.15, 0.2) is 279 Å². The van der Waals surface area contributed by atoms with Crippen molar-refractivity contribution in [1.29, 1.82) is 0 Å². The number of oxazole rings is 1. The van der Waals surface area contributed by atoms with Crippen LogP contribution in [0.2, 0.25) is 0 Å². The van der Waals surface area contributed by atoms with Crippen molar-refractivity contribution >= 4 is 93.9 Å². The van der Waals surface area contributed by atoms with E-state index in [0.29, 0.717) is 12.1 Å². The molecule has 20 heteroatoms. The summed E-state index contributed by atoms with van der Waals surface area (Å²) in [5.74, 6) is 4.21. The second kappa shape index (κ2) is 22.0. The molecule has 6 aromatic carbocycles. The van der Waals surface area contributed by atoms with Crippen LogP contribution in [-0.4, -0.2) is 60.6 Å². The van der Waals surface area contributed by atoms with Gasteiger partial charge >= 0.3 is 11.3 Å². The number of aromatic nitrogens is 18. The first-order valence-electron chi connectivity index (χ1n) is 35.8. The largest absolute Gasteiger partial charge is 0.414 e. The Morgan fingerprint density at radius 1 is 0.408 bits per heavy atom. The summed E-state index contributed by atoms with van der Waals surface area (Å²) in [7, 11) is 2.14. The summed E-state index contributed by atoms with van der Waals surface area (Å²) in [6, 6.07) is 69.9. The molecule has 0 aliphatic carbocycles. The highest BCUT2D eigenvalue weighted by molar-refractivity contribution is 7.21. The molecule has 0 unspecified atom stereocenters. The number of hydrogen-bond acceptors (Lipinski definition) is 7. The van der Waals surface area contributed by atoms with Crippen molar-refractivity contribution in [2.75, 3.05) is 0 Å². The van der Waals surface area contributed by atoms with E-state index in [2.05, 4.69) is 257 Å². The van der Waals surface area contributed by atoms with Gasteiger partial charge < -0.3 is 8.82 Å². The highest BCUT2D eigenvalue weighted by Gasteiger charge is 2.39. The zero-order valence-corrected chi connectivity index (χ0v) is 56.2. The van der Waals surface area contributed by atoms with Crippen LogP contribution in [-0.2, 0) is 46.7 Å². The Morgan fingerprint density at radius 3 is 1.54 bits per heavy atom. The van der Waals surface area contributed by atoms with Crippen LogP contribution >= 0.6 is 11.3 Å². The summed E-state index contributed by atoms with van der Waals surface area (Å²) in [5, 5.41) is 1.36. The van der Waals surface area contributed by atoms with Gasteiger partial charge in [-0.15, -0.1) is 0 Å². The summed E-state index contributed by atoms with van der Waals surface area (Å²) < 4.78 is 59.6. The topological polar surface area (TPSA) is 134 Å². The Morgan fingerprint density at radius 2 is 0.893 bits per heavy atom. The van der Waals surface area contributed by atoms with Gasteiger partial charge in [0.05, 0.1) is 65.9 Å². The molecule has 490 valence electrons. The molecule has 0 radical (unpaired) electrons. The standard InChI is InChI=1S/C21H15N4.2C16H13N4.C15H10N3O.C15H10N3S/c1-2-7-16(8-3-1)25-19-12-17-10-11-22-14-24(17)21(19)23-13-15-6-4-5-9-18(15)20(23)25;1-18-14-8-12-6-7-17-10-20(12)16(14)19-9-11-4-2-3-5-13(11)15(18)19;1-18-14-10-19-7-6-17-8-13(19)15(14)20-9-11-4-2-3-5-12(11)16(18)20;2*1-2-4-12-10(3-1)8-17-14-13(19-15(12)17)7-11-5-6-16-9-18(11)14/h1-12,14H,13H2;2*2-8,10H,9H2,1H3;2*1-7,9H,8H2/q5*+1/i;;1D3;;. The molecular weight excluding hydrogens is 1300 g/mol. The average Bonchev–Trinajstić information content (AvgIpc) is 1.56. The number of benzene rings is 6. The fourth-order valence-electron chi connectivity index (χ4n) is 16.7. The fraction of sp³-hybridized carbons (Fsp3) is 0.0843. The second-order valence-corrected chi connectivity index (χ2v) is 27.7. The molecule has 5 aliphatic heterocycles. The maximum absolute atomic E-state index is 8.01. The van der Waals surface area contributed by atoms with E-state index in [4.69, 9.17) is 8.53 Å². The summed E-state index contributed by atoms with van der Waals surface area (Å²) in [6.07, 6.45) is 22.1. The lowest BCUT2D eigenvalue weighted by Gasteiger charge is -2.03. The van der Waals surface area contributed by atoms with E-state index in [9.17, 15) is 0 Å². The van der Waals surface area contributed by atoms with Crippen LogP contribution in [0.3, 0.4) is 0 Å². The van der Waals surface area contributed by atoms with Gasteiger partial charge in [0.15, 0.2) is 46.9 Å². The van der Waals surface area contributed by atoms with E-state index in [0.717, 1.165) is 82.3 Å². The quantitative estimate of drug-likeness (QED) is 0.150. The van der Waals surface area contributed by atoms with Gasteiger partial charge in [-0.3, -0.25) is 9.55 Å². The molecule has 5 aliphatic rings. The smallest absolute Gasteiger partial charge is 0.334 e. The van der Waals surface area contributed by atoms with Crippen LogP contribution in [0.5, 0.6) is 0 Å². The molecule has 0 saturated carbocycles. The van der Waals surface area contributed by atoms with Crippen molar-refractivity contribution in [2.24, 2.45) is 14.0 Å². The van der Waals surface area contributed by atoms with Crippen molar-refractivity contribution in [2.45, 2.75) is 32.7 Å². The number of thiazole rings is 1. The van der Waals surface area contributed by atoms with Crippen LogP contribution in [0, 0.1) is 0 Å². The van der Waals surface area contributed by atoms with Crippen molar-refractivity contribution in [3.8, 4) is 61.9 Å². The summed E-state index contributed by atoms with van der Waals surface area (Å²) in [5.41, 5.74) is 29.3. The summed E-state index contributed by atoms with van der Waals surface area (Å²) in [6.45, 7) is 2.09. The second-order valence-electron chi connectivity index (χ2n) is 26.7. The van der Waals surface area contributed by atoms with Crippen LogP contribution in [0.25, 0.3) is 144 Å². The van der Waals surface area contributed by atoms with Gasteiger partial charge in [0.25, 0.3) is 23.0 Å². The molecule has 0 spiro atoms. The van der Waals surface area contributed by atoms with E-state index in [1.165, 1.54) is 115 Å². The number of imidazole rings is 3. The molecule has 0 fully saturated rings. The first-order valence-corrected chi connectivity index (χ1v) is 35.1. The maximum atomic E-state index is 8.01. The molecule has 20 heterocycles. The third kappa shape index (κ3) is 8.43. The Bertz CT molecular complexity index is 7080. The van der Waals surface area contributed by atoms with Crippen LogP contribution in [0.4, 0.5) is 0 Å². The van der Waals surface area contributed by atoms with Gasteiger partial charge in [-0.05, 0) is 54.6 Å². The van der Waals surface area contributed by atoms with Gasteiger partial charge in [0.2, 0.25) is 22.7 Å². The van der Waals surface area contributed by atoms with E-state index in [-0.39, 0.29) is 0 Å². The Hall–Kier alpha value is -13.5. The molecule has 103 heavy (non-hydrogen) atoms. The lowest BCUT2D eigenvalue weighted by atomic mass is 10.1. The number of para-hydroxylation sites is 1. The average molecular weight is 1360 g/mol. The first-order chi connectivity index (χ1) is 52.1. The first kappa shape index (κ1) is 54.5. The number of aryl methyl sites for hydroxylation is 2. The Labute approximate surface area is 594 Å². The minimum Gasteiger partial charge on any atom is -0.414 e. The Balaban J connectivity index is 0.0000000830. The molecule has 19 nitrogen and oxygen atoms in total. The van der Waals surface area contributed by atoms with Gasteiger partial charge in [-0.25, -0.2) is 56.1 Å². The molecule has 26 rings (SSSR count). The summed E-state index contributed by atoms with van der Waals surface area (Å²) >= 11 is 1.87. The summed E-state index contributed by atoms with van der Waals surface area (Å²) in [4.78, 5) is 21.2. The van der Waals surface area contributed by atoms with Gasteiger partial charge in [-0.1, -0.05) is 121 Å². The normalized spacial score (nSPS) is 13.5. The van der Waals surface area contributed by atoms with Crippen LogP contribution in [0.1, 0.15) is 31.9 Å². The Kier molecular flexibility index (Phi) is 11.6. The zero-order chi connectivity index (χ0) is 70.2. The highest BCUT2D eigenvalue weighted by atomic mass is 32.1. The van der Waals surface area contributed by atoms with E-state index >= 15 is 0 Å². The third-order valence-corrected chi connectivity index (χ3v) is 22.3. The van der Waals surface area contributed by atoms with Gasteiger partial charge in [-0.2, -0.15) is 13.4 Å². The number of rotatable bonds is 1. The molecule has 0 atom stereocenters. The molecular formula is C83H61N18OS+5. The SMILES string of the molecule is Cn1c2[n+](c3c1cc1ccncn13)Cc1ccccc1-2.[2H]C([2H])([2H])n1c2[n+](c3c1cn1ccncc31)Cc1ccccc1-2.c1ccc(-n2c3[n+](c4c2cc2ccncn24)Cc2ccccc2-3)cc1.c1ccc2c(c1)C[n+]1c-2oc2cc3ccncn3c21.c1ccc2c(c1)C[n+]1c-2sc2cc3ccncn3c21. The van der Waals surface area contributed by atoms with Crippen molar-refractivity contribution in [3.05, 3.63) is 303 Å². The molecule has 0 saturated heterocycles. The molecule has 15 aromatic heterocycles. The fourth-order valence-corrected chi connectivity index (χ4v) is 17.9. The number of hydrogen-bond donors (Lipinski definition) is 0. The molecule has 0 amide bonds. The minimum atomic E-state index is -2.24. The maximum Gasteiger partial charge on any atom is 0.334 e.